The maximum absolute atomic E-state index is 11.1. The van der Waals surface area contributed by atoms with Crippen molar-refractivity contribution in [2.45, 2.75) is 13.0 Å². The van der Waals surface area contributed by atoms with Crippen LogP contribution in [0.5, 0.6) is 0 Å². The quantitative estimate of drug-likeness (QED) is 0.905. The van der Waals surface area contributed by atoms with Gasteiger partial charge < -0.3 is 9.84 Å². The van der Waals surface area contributed by atoms with Crippen molar-refractivity contribution >= 4 is 23.2 Å². The molecule has 0 aliphatic carbocycles. The van der Waals surface area contributed by atoms with Gasteiger partial charge in [0.2, 0.25) is 0 Å². The van der Waals surface area contributed by atoms with Crippen molar-refractivity contribution in [3.63, 3.8) is 0 Å². The number of aromatic nitrogens is 3. The molecule has 0 saturated carbocycles. The SMILES string of the molecule is CO[C@H](C)c1c(C(=O)O)cnc2cc(Cl)nn12. The lowest BCUT2D eigenvalue weighted by Gasteiger charge is -2.13. The highest BCUT2D eigenvalue weighted by Crippen LogP contribution is 2.22. The van der Waals surface area contributed by atoms with Gasteiger partial charge in [0.1, 0.15) is 5.56 Å². The van der Waals surface area contributed by atoms with Crippen LogP contribution in [-0.4, -0.2) is 32.8 Å². The zero-order valence-corrected chi connectivity index (χ0v) is 9.97. The molecule has 0 aromatic carbocycles. The predicted octanol–water partition coefficient (Wildman–Crippen LogP) is 1.79. The molecule has 0 saturated heterocycles. The van der Waals surface area contributed by atoms with Crippen LogP contribution in [0.2, 0.25) is 5.15 Å². The summed E-state index contributed by atoms with van der Waals surface area (Å²) >= 11 is 5.77. The molecule has 1 N–H and O–H groups in total. The van der Waals surface area contributed by atoms with Gasteiger partial charge in [-0.1, -0.05) is 11.6 Å². The van der Waals surface area contributed by atoms with Crippen LogP contribution in [0.3, 0.4) is 0 Å². The highest BCUT2D eigenvalue weighted by molar-refractivity contribution is 6.29. The third-order valence-corrected chi connectivity index (χ3v) is 2.64. The predicted molar refractivity (Wildman–Crippen MR) is 60.4 cm³/mol. The Bertz CT molecular complexity index is 581. The topological polar surface area (TPSA) is 76.7 Å². The zero-order chi connectivity index (χ0) is 12.6. The summed E-state index contributed by atoms with van der Waals surface area (Å²) in [5, 5.41) is 13.4. The lowest BCUT2D eigenvalue weighted by atomic mass is 10.1. The molecule has 0 aliphatic rings. The Morgan fingerprint density at radius 2 is 2.35 bits per heavy atom. The molecule has 1 atom stereocenters. The van der Waals surface area contributed by atoms with E-state index >= 15 is 0 Å². The van der Waals surface area contributed by atoms with Crippen molar-refractivity contribution in [1.82, 2.24) is 14.6 Å². The second-order valence-electron chi connectivity index (χ2n) is 3.48. The Labute approximate surface area is 102 Å². The fourth-order valence-corrected chi connectivity index (χ4v) is 1.76. The molecule has 6 nitrogen and oxygen atoms in total. The van der Waals surface area contributed by atoms with Gasteiger partial charge >= 0.3 is 5.97 Å². The van der Waals surface area contributed by atoms with E-state index in [2.05, 4.69) is 10.1 Å². The second-order valence-corrected chi connectivity index (χ2v) is 3.86. The van der Waals surface area contributed by atoms with Gasteiger partial charge in [-0.05, 0) is 6.92 Å². The van der Waals surface area contributed by atoms with E-state index in [0.717, 1.165) is 0 Å². The fourth-order valence-electron chi connectivity index (χ4n) is 1.59. The maximum Gasteiger partial charge on any atom is 0.339 e. The summed E-state index contributed by atoms with van der Waals surface area (Å²) < 4.78 is 6.54. The standard InChI is InChI=1S/C10H10ClN3O3/c1-5(17-2)9-6(10(15)16)4-12-8-3-7(11)13-14(8)9/h3-5H,1-2H3,(H,15,16)/t5-/m1/s1. The van der Waals surface area contributed by atoms with E-state index < -0.39 is 12.1 Å². The third kappa shape index (κ3) is 1.96. The van der Waals surface area contributed by atoms with Crippen molar-refractivity contribution in [3.05, 3.63) is 28.7 Å². The Kier molecular flexibility index (Phi) is 2.99. The van der Waals surface area contributed by atoms with Gasteiger partial charge in [0.15, 0.2) is 10.8 Å². The van der Waals surface area contributed by atoms with Gasteiger partial charge in [0.25, 0.3) is 0 Å². The van der Waals surface area contributed by atoms with E-state index in [1.54, 1.807) is 13.0 Å². The number of aromatic carboxylic acids is 1. The Hall–Kier alpha value is -1.66. The van der Waals surface area contributed by atoms with Gasteiger partial charge in [-0.3, -0.25) is 0 Å². The molecule has 0 amide bonds. The number of carbonyl (C=O) groups is 1. The monoisotopic (exact) mass is 255 g/mol. The van der Waals surface area contributed by atoms with E-state index in [1.165, 1.54) is 17.8 Å². The van der Waals surface area contributed by atoms with Crippen molar-refractivity contribution in [2.24, 2.45) is 0 Å². The molecule has 2 aromatic rings. The minimum absolute atomic E-state index is 0.0478. The first-order chi connectivity index (χ1) is 8.04. The molecule has 0 aliphatic heterocycles. The van der Waals surface area contributed by atoms with Crippen LogP contribution in [0.4, 0.5) is 0 Å². The molecule has 0 bridgehead atoms. The Morgan fingerprint density at radius 1 is 1.65 bits per heavy atom. The summed E-state index contributed by atoms with van der Waals surface area (Å²) in [5.41, 5.74) is 0.947. The van der Waals surface area contributed by atoms with Crippen LogP contribution in [0, 0.1) is 0 Å². The van der Waals surface area contributed by atoms with Gasteiger partial charge in [0, 0.05) is 19.4 Å². The van der Waals surface area contributed by atoms with Gasteiger partial charge in [-0.15, -0.1) is 0 Å². The number of nitrogens with zero attached hydrogens (tertiary/aromatic N) is 3. The number of halogens is 1. The average molecular weight is 256 g/mol. The third-order valence-electron chi connectivity index (χ3n) is 2.46. The first kappa shape index (κ1) is 11.8. The van der Waals surface area contributed by atoms with Crippen LogP contribution >= 0.6 is 11.6 Å². The second kappa shape index (κ2) is 4.31. The van der Waals surface area contributed by atoms with Crippen LogP contribution < -0.4 is 0 Å². The van der Waals surface area contributed by atoms with Crippen LogP contribution in [0.15, 0.2) is 12.3 Å². The van der Waals surface area contributed by atoms with E-state index in [0.29, 0.717) is 11.3 Å². The highest BCUT2D eigenvalue weighted by Gasteiger charge is 2.21. The number of hydrogen-bond donors (Lipinski definition) is 1. The number of methoxy groups -OCH3 is 1. The maximum atomic E-state index is 11.1. The number of hydrogen-bond acceptors (Lipinski definition) is 4. The zero-order valence-electron chi connectivity index (χ0n) is 9.22. The highest BCUT2D eigenvalue weighted by atomic mass is 35.5. The number of fused-ring (bicyclic) bond motifs is 1. The summed E-state index contributed by atoms with van der Waals surface area (Å²) in [6.45, 7) is 1.73. The molecule has 90 valence electrons. The number of carboxylic acids is 1. The molecule has 2 heterocycles. The molecular weight excluding hydrogens is 246 g/mol. The van der Waals surface area contributed by atoms with Crippen molar-refractivity contribution in [2.75, 3.05) is 7.11 Å². The molecule has 0 unspecified atom stereocenters. The molecule has 0 spiro atoms. The summed E-state index contributed by atoms with van der Waals surface area (Å²) in [4.78, 5) is 15.1. The Morgan fingerprint density at radius 3 is 2.94 bits per heavy atom. The number of ether oxygens (including phenoxy) is 1. The van der Waals surface area contributed by atoms with Crippen LogP contribution in [-0.2, 0) is 4.74 Å². The van der Waals surface area contributed by atoms with Crippen LogP contribution in [0.25, 0.3) is 5.65 Å². The molecule has 0 fully saturated rings. The number of carboxylic acid groups (broad SMARTS) is 1. The molecule has 2 rings (SSSR count). The lowest BCUT2D eigenvalue weighted by Crippen LogP contribution is -2.14. The van der Waals surface area contributed by atoms with Crippen molar-refractivity contribution in [3.8, 4) is 0 Å². The van der Waals surface area contributed by atoms with Gasteiger partial charge in [-0.2, -0.15) is 5.10 Å². The molecule has 2 aromatic heterocycles. The summed E-state index contributed by atoms with van der Waals surface area (Å²) in [6, 6.07) is 1.55. The minimum Gasteiger partial charge on any atom is -0.478 e. The fraction of sp³-hybridized carbons (Fsp3) is 0.300. The van der Waals surface area contributed by atoms with Crippen molar-refractivity contribution in [1.29, 1.82) is 0 Å². The Balaban J connectivity index is 2.78. The first-order valence-electron chi connectivity index (χ1n) is 4.85. The summed E-state index contributed by atoms with van der Waals surface area (Å²) in [5.74, 6) is -1.08. The van der Waals surface area contributed by atoms with Gasteiger partial charge in [-0.25, -0.2) is 14.3 Å². The largest absolute Gasteiger partial charge is 0.478 e. The van der Waals surface area contributed by atoms with E-state index in [9.17, 15) is 4.79 Å². The lowest BCUT2D eigenvalue weighted by molar-refractivity contribution is 0.0678. The van der Waals surface area contributed by atoms with E-state index in [1.807, 2.05) is 0 Å². The smallest absolute Gasteiger partial charge is 0.339 e. The molecule has 17 heavy (non-hydrogen) atoms. The average Bonchev–Trinajstić information content (AvgIpc) is 2.66. The molecular formula is C10H10ClN3O3. The molecule has 7 heteroatoms. The van der Waals surface area contributed by atoms with Crippen LogP contribution in [0.1, 0.15) is 29.1 Å². The summed E-state index contributed by atoms with van der Waals surface area (Å²) in [6.07, 6.45) is 0.850. The van der Waals surface area contributed by atoms with Crippen molar-refractivity contribution < 1.29 is 14.6 Å². The minimum atomic E-state index is -1.08. The van der Waals surface area contributed by atoms with Gasteiger partial charge in [0.05, 0.1) is 11.8 Å². The number of rotatable bonds is 3. The van der Waals surface area contributed by atoms with E-state index in [4.69, 9.17) is 21.4 Å². The normalized spacial score (nSPS) is 12.9. The van der Waals surface area contributed by atoms with E-state index in [-0.39, 0.29) is 10.7 Å². The molecule has 0 radical (unpaired) electrons. The summed E-state index contributed by atoms with van der Waals surface area (Å²) in [7, 11) is 1.49. The first-order valence-corrected chi connectivity index (χ1v) is 5.22.